The second-order valence-corrected chi connectivity index (χ2v) is 11.5. The predicted molar refractivity (Wildman–Crippen MR) is 160 cm³/mol. The minimum absolute atomic E-state index is 0.00193. The number of phenols is 1. The van der Waals surface area contributed by atoms with Crippen molar-refractivity contribution in [3.8, 4) is 17.2 Å². The van der Waals surface area contributed by atoms with Crippen LogP contribution >= 0.6 is 23.1 Å². The summed E-state index contributed by atoms with van der Waals surface area (Å²) in [4.78, 5) is 33.5. The monoisotopic (exact) mass is 570 g/mol. The Hall–Kier alpha value is -4.15. The van der Waals surface area contributed by atoms with Crippen molar-refractivity contribution in [3.63, 3.8) is 0 Å². The number of thioether (sulfide) groups is 1. The zero-order chi connectivity index (χ0) is 27.6. The molecule has 10 heteroatoms. The van der Waals surface area contributed by atoms with Crippen molar-refractivity contribution in [1.29, 1.82) is 0 Å². The van der Waals surface area contributed by atoms with E-state index in [0.717, 1.165) is 42.0 Å². The summed E-state index contributed by atoms with van der Waals surface area (Å²) in [7, 11) is 1.59. The van der Waals surface area contributed by atoms with Crippen molar-refractivity contribution >= 4 is 56.2 Å². The molecule has 0 fully saturated rings. The standard InChI is InChI=1S/C30H26N4O4S2/c1-38-20-13-11-19(12-14-20)34-29(37)27-22-8-4-5-9-25(22)40-28(27)32-30(34)39-17-26(36)33-31-16-23-21-7-3-2-6-18(21)10-15-24(23)35/h2-3,6-7,10-16,35H,4-5,8-9,17H2,1H3,(H,33,36)/b31-16+. The van der Waals surface area contributed by atoms with Gasteiger partial charge in [-0.3, -0.25) is 14.2 Å². The summed E-state index contributed by atoms with van der Waals surface area (Å²) in [6.45, 7) is 0. The minimum Gasteiger partial charge on any atom is -0.507 e. The fourth-order valence-corrected chi connectivity index (χ4v) is 7.10. The minimum atomic E-state index is -0.359. The number of fused-ring (bicyclic) bond motifs is 4. The van der Waals surface area contributed by atoms with E-state index in [0.29, 0.717) is 32.4 Å². The highest BCUT2D eigenvalue weighted by molar-refractivity contribution is 7.99. The number of rotatable bonds is 7. The van der Waals surface area contributed by atoms with Gasteiger partial charge in [0.05, 0.1) is 30.2 Å². The van der Waals surface area contributed by atoms with Crippen molar-refractivity contribution in [1.82, 2.24) is 15.0 Å². The number of hydrogen-bond acceptors (Lipinski definition) is 8. The number of methoxy groups -OCH3 is 1. The first kappa shape index (κ1) is 26.1. The molecule has 0 radical (unpaired) electrons. The molecular formula is C30H26N4O4S2. The smallest absolute Gasteiger partial charge is 0.267 e. The molecule has 3 aromatic carbocycles. The van der Waals surface area contributed by atoms with Gasteiger partial charge < -0.3 is 9.84 Å². The largest absolute Gasteiger partial charge is 0.507 e. The van der Waals surface area contributed by atoms with Gasteiger partial charge in [-0.1, -0.05) is 42.1 Å². The lowest BCUT2D eigenvalue weighted by Crippen LogP contribution is -2.24. The normalized spacial score (nSPS) is 13.1. The number of aryl methyl sites for hydroxylation is 2. The van der Waals surface area contributed by atoms with Crippen LogP contribution in [0.1, 0.15) is 28.8 Å². The first-order valence-corrected chi connectivity index (χ1v) is 14.7. The molecule has 0 bridgehead atoms. The van der Waals surface area contributed by atoms with E-state index >= 15 is 0 Å². The van der Waals surface area contributed by atoms with Crippen LogP contribution in [0, 0.1) is 0 Å². The number of thiophene rings is 1. The number of hydrogen-bond donors (Lipinski definition) is 2. The molecule has 6 rings (SSSR count). The van der Waals surface area contributed by atoms with Crippen molar-refractivity contribution in [2.24, 2.45) is 5.10 Å². The fourth-order valence-electron chi connectivity index (χ4n) is 4.99. The molecule has 1 amide bonds. The number of nitrogens with one attached hydrogen (secondary N) is 1. The van der Waals surface area contributed by atoms with Gasteiger partial charge in [0, 0.05) is 10.4 Å². The van der Waals surface area contributed by atoms with Crippen LogP contribution in [-0.4, -0.2) is 39.6 Å². The Labute approximate surface area is 238 Å². The summed E-state index contributed by atoms with van der Waals surface area (Å²) in [5.74, 6) is 0.396. The van der Waals surface area contributed by atoms with E-state index < -0.39 is 0 Å². The average Bonchev–Trinajstić information content (AvgIpc) is 3.36. The number of amides is 1. The first-order valence-electron chi connectivity index (χ1n) is 12.9. The van der Waals surface area contributed by atoms with Crippen LogP contribution in [0.5, 0.6) is 11.5 Å². The summed E-state index contributed by atoms with van der Waals surface area (Å²) in [6, 6.07) is 18.3. The van der Waals surface area contributed by atoms with Crippen LogP contribution in [0.3, 0.4) is 0 Å². The van der Waals surface area contributed by atoms with Crippen LogP contribution < -0.4 is 15.7 Å². The average molecular weight is 571 g/mol. The van der Waals surface area contributed by atoms with Crippen LogP contribution in [0.25, 0.3) is 26.7 Å². The lowest BCUT2D eigenvalue weighted by Gasteiger charge is -2.14. The maximum Gasteiger partial charge on any atom is 0.267 e. The highest BCUT2D eigenvalue weighted by Crippen LogP contribution is 2.35. The Balaban J connectivity index is 1.28. The first-order chi connectivity index (χ1) is 19.5. The van der Waals surface area contributed by atoms with Gasteiger partial charge in [0.15, 0.2) is 5.16 Å². The van der Waals surface area contributed by atoms with E-state index in [4.69, 9.17) is 9.72 Å². The molecule has 2 heterocycles. The highest BCUT2D eigenvalue weighted by Gasteiger charge is 2.23. The molecule has 202 valence electrons. The number of ether oxygens (including phenoxy) is 1. The molecule has 0 spiro atoms. The molecule has 0 saturated heterocycles. The van der Waals surface area contributed by atoms with Gasteiger partial charge in [-0.15, -0.1) is 11.3 Å². The fraction of sp³-hybridized carbons (Fsp3) is 0.200. The molecular weight excluding hydrogens is 544 g/mol. The van der Waals surface area contributed by atoms with Gasteiger partial charge in [0.25, 0.3) is 11.5 Å². The van der Waals surface area contributed by atoms with Gasteiger partial charge in [0.2, 0.25) is 0 Å². The highest BCUT2D eigenvalue weighted by atomic mass is 32.2. The third-order valence-electron chi connectivity index (χ3n) is 6.95. The molecule has 5 aromatic rings. The summed E-state index contributed by atoms with van der Waals surface area (Å²) in [5, 5.41) is 17.3. The molecule has 2 N–H and O–H groups in total. The van der Waals surface area contributed by atoms with E-state index in [9.17, 15) is 14.7 Å². The van der Waals surface area contributed by atoms with Crippen molar-refractivity contribution < 1.29 is 14.6 Å². The molecule has 0 unspecified atom stereocenters. The molecule has 1 aliphatic carbocycles. The molecule has 0 atom stereocenters. The second-order valence-electron chi connectivity index (χ2n) is 9.43. The topological polar surface area (TPSA) is 106 Å². The predicted octanol–water partition coefficient (Wildman–Crippen LogP) is 5.44. The lowest BCUT2D eigenvalue weighted by molar-refractivity contribution is -0.118. The van der Waals surface area contributed by atoms with Gasteiger partial charge in [-0.05, 0) is 72.4 Å². The summed E-state index contributed by atoms with van der Waals surface area (Å²) in [6.07, 6.45) is 5.47. The van der Waals surface area contributed by atoms with Crippen LogP contribution in [0.2, 0.25) is 0 Å². The molecule has 0 aliphatic heterocycles. The second kappa shape index (κ2) is 11.1. The third kappa shape index (κ3) is 4.96. The zero-order valence-electron chi connectivity index (χ0n) is 21.7. The van der Waals surface area contributed by atoms with Gasteiger partial charge in [0.1, 0.15) is 16.3 Å². The van der Waals surface area contributed by atoms with Crippen LogP contribution in [-0.2, 0) is 17.6 Å². The number of aromatic hydroxyl groups is 1. The number of aromatic nitrogens is 2. The maximum atomic E-state index is 13.9. The number of benzene rings is 3. The van der Waals surface area contributed by atoms with E-state index in [2.05, 4.69) is 10.5 Å². The van der Waals surface area contributed by atoms with Crippen molar-refractivity contribution in [2.75, 3.05) is 12.9 Å². The van der Waals surface area contributed by atoms with E-state index in [1.54, 1.807) is 41.2 Å². The zero-order valence-corrected chi connectivity index (χ0v) is 23.3. The Morgan fingerprint density at radius 3 is 2.77 bits per heavy atom. The van der Waals surface area contributed by atoms with E-state index in [-0.39, 0.29) is 23.0 Å². The third-order valence-corrected chi connectivity index (χ3v) is 9.08. The summed E-state index contributed by atoms with van der Waals surface area (Å²) < 4.78 is 6.87. The lowest BCUT2D eigenvalue weighted by atomic mass is 9.97. The SMILES string of the molecule is COc1ccc(-n2c(SCC(=O)N/N=C/c3c(O)ccc4ccccc34)nc3sc4c(c3c2=O)CCCC4)cc1. The number of phenolic OH excluding ortho intramolecular Hbond substituents is 1. The Morgan fingerprint density at radius 1 is 1.15 bits per heavy atom. The summed E-state index contributed by atoms with van der Waals surface area (Å²) in [5.41, 5.74) is 4.70. The summed E-state index contributed by atoms with van der Waals surface area (Å²) >= 11 is 2.76. The number of nitrogens with zero attached hydrogens (tertiary/aromatic N) is 3. The van der Waals surface area contributed by atoms with E-state index in [1.807, 2.05) is 42.5 Å². The number of carbonyl (C=O) groups excluding carboxylic acids is 1. The van der Waals surface area contributed by atoms with Gasteiger partial charge >= 0.3 is 0 Å². The molecule has 2 aromatic heterocycles. The van der Waals surface area contributed by atoms with Crippen molar-refractivity contribution in [3.05, 3.63) is 87.0 Å². The Bertz CT molecular complexity index is 1830. The molecule has 40 heavy (non-hydrogen) atoms. The van der Waals surface area contributed by atoms with Gasteiger partial charge in [-0.25, -0.2) is 10.4 Å². The Morgan fingerprint density at radius 2 is 1.95 bits per heavy atom. The van der Waals surface area contributed by atoms with Gasteiger partial charge in [-0.2, -0.15) is 5.10 Å². The van der Waals surface area contributed by atoms with Crippen LogP contribution in [0.15, 0.2) is 75.7 Å². The Kier molecular flexibility index (Phi) is 7.27. The van der Waals surface area contributed by atoms with Crippen LogP contribution in [0.4, 0.5) is 0 Å². The maximum absolute atomic E-state index is 13.9. The number of hydrazone groups is 1. The molecule has 8 nitrogen and oxygen atoms in total. The molecule has 1 aliphatic rings. The number of carbonyl (C=O) groups is 1. The van der Waals surface area contributed by atoms with E-state index in [1.165, 1.54) is 22.9 Å². The molecule has 0 saturated carbocycles. The quantitative estimate of drug-likeness (QED) is 0.117. The van der Waals surface area contributed by atoms with Crippen molar-refractivity contribution in [2.45, 2.75) is 30.8 Å².